The van der Waals surface area contributed by atoms with Crippen LogP contribution in [0, 0.1) is 11.8 Å². The van der Waals surface area contributed by atoms with Gasteiger partial charge in [0.05, 0.1) is 11.6 Å². The third kappa shape index (κ3) is 5.40. The molecular formula is C26H36N4O2. The Morgan fingerprint density at radius 3 is 2.66 bits per heavy atom. The van der Waals surface area contributed by atoms with E-state index in [9.17, 15) is 9.59 Å². The molecule has 1 saturated heterocycles. The molecule has 1 aliphatic heterocycles. The number of aryl methyl sites for hydroxylation is 1. The van der Waals surface area contributed by atoms with E-state index in [0.29, 0.717) is 12.4 Å². The summed E-state index contributed by atoms with van der Waals surface area (Å²) in [5.74, 6) is 0.783. The predicted molar refractivity (Wildman–Crippen MR) is 127 cm³/mol. The summed E-state index contributed by atoms with van der Waals surface area (Å²) in [5, 5.41) is 10.5. The predicted octanol–water partition coefficient (Wildman–Crippen LogP) is 4.89. The van der Waals surface area contributed by atoms with Crippen molar-refractivity contribution in [1.29, 1.82) is 0 Å². The first-order chi connectivity index (χ1) is 15.3. The lowest BCUT2D eigenvalue weighted by Crippen LogP contribution is -2.25. The van der Waals surface area contributed by atoms with Crippen molar-refractivity contribution in [1.82, 2.24) is 15.1 Å². The van der Waals surface area contributed by atoms with Crippen LogP contribution in [0.2, 0.25) is 0 Å². The molecule has 1 unspecified atom stereocenters. The summed E-state index contributed by atoms with van der Waals surface area (Å²) in [6.07, 6.45) is 8.00. The number of rotatable bonds is 6. The minimum Gasteiger partial charge on any atom is -0.355 e. The average Bonchev–Trinajstić information content (AvgIpc) is 3.39. The third-order valence-electron chi connectivity index (χ3n) is 6.88. The molecule has 6 heteroatoms. The van der Waals surface area contributed by atoms with E-state index in [1.165, 1.54) is 37.7 Å². The van der Waals surface area contributed by atoms with E-state index < -0.39 is 0 Å². The molecule has 1 saturated carbocycles. The summed E-state index contributed by atoms with van der Waals surface area (Å²) in [6.45, 7) is 7.89. The highest BCUT2D eigenvalue weighted by Crippen LogP contribution is 2.31. The van der Waals surface area contributed by atoms with Crippen molar-refractivity contribution < 1.29 is 9.59 Å². The maximum Gasteiger partial charge on any atom is 0.230 e. The number of nitrogens with one attached hydrogen (secondary N) is 2. The summed E-state index contributed by atoms with van der Waals surface area (Å²) in [4.78, 5) is 24.1. The maximum absolute atomic E-state index is 12.7. The maximum atomic E-state index is 12.7. The van der Waals surface area contributed by atoms with Crippen molar-refractivity contribution in [2.24, 2.45) is 11.8 Å². The van der Waals surface area contributed by atoms with Crippen molar-refractivity contribution in [3.63, 3.8) is 0 Å². The number of benzene rings is 1. The second-order valence-electron chi connectivity index (χ2n) is 10.5. The number of nitrogens with zero attached hydrogens (tertiary/aromatic N) is 2. The number of hydrogen-bond donors (Lipinski definition) is 2. The number of aromatic nitrogens is 2. The lowest BCUT2D eigenvalue weighted by Gasteiger charge is -2.22. The van der Waals surface area contributed by atoms with Crippen LogP contribution >= 0.6 is 0 Å². The number of carbonyl (C=O) groups excluding carboxylic acids is 2. The van der Waals surface area contributed by atoms with E-state index in [2.05, 4.69) is 60.4 Å². The Labute approximate surface area is 191 Å². The van der Waals surface area contributed by atoms with Crippen LogP contribution in [0.25, 0.3) is 11.3 Å². The molecule has 6 nitrogen and oxygen atoms in total. The molecule has 0 radical (unpaired) electrons. The van der Waals surface area contributed by atoms with E-state index >= 15 is 0 Å². The van der Waals surface area contributed by atoms with Gasteiger partial charge < -0.3 is 10.6 Å². The summed E-state index contributed by atoms with van der Waals surface area (Å²) in [7, 11) is 0. The van der Waals surface area contributed by atoms with Gasteiger partial charge >= 0.3 is 0 Å². The Balaban J connectivity index is 1.58. The highest BCUT2D eigenvalue weighted by Gasteiger charge is 2.28. The minimum absolute atomic E-state index is 0.0576. The molecule has 2 aromatic rings. The Morgan fingerprint density at radius 1 is 1.19 bits per heavy atom. The van der Waals surface area contributed by atoms with Crippen LogP contribution in [0.4, 0.5) is 5.82 Å². The SMILES string of the molecule is CC(C)(C)c1cccc(-c2cc(NC(=O)C3CNC(=O)C3)nn2CCC2CCCCC2)c1. The van der Waals surface area contributed by atoms with Crippen molar-refractivity contribution in [2.45, 2.75) is 77.7 Å². The molecule has 1 atom stereocenters. The molecule has 1 aliphatic carbocycles. The van der Waals surface area contributed by atoms with Crippen molar-refractivity contribution in [2.75, 3.05) is 11.9 Å². The fourth-order valence-corrected chi connectivity index (χ4v) is 4.83. The molecule has 2 aliphatic rings. The van der Waals surface area contributed by atoms with E-state index in [-0.39, 0.29) is 29.6 Å². The molecular weight excluding hydrogens is 400 g/mol. The van der Waals surface area contributed by atoms with Crippen LogP contribution in [0.5, 0.6) is 0 Å². The number of carbonyl (C=O) groups is 2. The average molecular weight is 437 g/mol. The monoisotopic (exact) mass is 436 g/mol. The largest absolute Gasteiger partial charge is 0.355 e. The van der Waals surface area contributed by atoms with Gasteiger partial charge in [-0.1, -0.05) is 71.1 Å². The van der Waals surface area contributed by atoms with Crippen molar-refractivity contribution in [3.05, 3.63) is 35.9 Å². The summed E-state index contributed by atoms with van der Waals surface area (Å²) in [5.41, 5.74) is 3.48. The van der Waals surface area contributed by atoms with Crippen LogP contribution in [0.15, 0.2) is 30.3 Å². The molecule has 2 heterocycles. The van der Waals surface area contributed by atoms with Gasteiger partial charge in [0, 0.05) is 31.1 Å². The zero-order chi connectivity index (χ0) is 22.7. The first-order valence-corrected chi connectivity index (χ1v) is 12.1. The molecule has 32 heavy (non-hydrogen) atoms. The van der Waals surface area contributed by atoms with Crippen molar-refractivity contribution >= 4 is 17.6 Å². The second-order valence-corrected chi connectivity index (χ2v) is 10.5. The van der Waals surface area contributed by atoms with Gasteiger partial charge in [0.25, 0.3) is 0 Å². The molecule has 4 rings (SSSR count). The molecule has 172 valence electrons. The third-order valence-corrected chi connectivity index (χ3v) is 6.88. The quantitative estimate of drug-likeness (QED) is 0.677. The number of anilines is 1. The Morgan fingerprint density at radius 2 is 1.97 bits per heavy atom. The molecule has 2 N–H and O–H groups in total. The standard InChI is InChI=1S/C26H36N4O2/c1-26(2,3)21-11-7-10-19(14-21)22-16-23(28-25(32)20-15-24(31)27-17-20)29-30(22)13-12-18-8-5-4-6-9-18/h7,10-11,14,16,18,20H,4-6,8-9,12-13,15,17H2,1-3H3,(H,27,31)(H,28,29,32). The zero-order valence-electron chi connectivity index (χ0n) is 19.6. The van der Waals surface area contributed by atoms with Crippen LogP contribution in [-0.2, 0) is 21.5 Å². The highest BCUT2D eigenvalue weighted by molar-refractivity contribution is 5.96. The summed E-state index contributed by atoms with van der Waals surface area (Å²) in [6, 6.07) is 10.6. The summed E-state index contributed by atoms with van der Waals surface area (Å²) >= 11 is 0. The number of hydrogen-bond acceptors (Lipinski definition) is 3. The normalized spacial score (nSPS) is 19.7. The fraction of sp³-hybridized carbons (Fsp3) is 0.577. The molecule has 1 aromatic heterocycles. The number of amides is 2. The van der Waals surface area contributed by atoms with Crippen LogP contribution < -0.4 is 10.6 Å². The lowest BCUT2D eigenvalue weighted by atomic mass is 9.86. The smallest absolute Gasteiger partial charge is 0.230 e. The zero-order valence-corrected chi connectivity index (χ0v) is 19.6. The van der Waals surface area contributed by atoms with Gasteiger partial charge in [-0.3, -0.25) is 14.3 Å². The van der Waals surface area contributed by atoms with E-state index in [1.807, 2.05) is 6.07 Å². The first kappa shape index (κ1) is 22.6. The Bertz CT molecular complexity index is 966. The lowest BCUT2D eigenvalue weighted by molar-refractivity contribution is -0.123. The minimum atomic E-state index is -0.331. The highest BCUT2D eigenvalue weighted by atomic mass is 16.2. The van der Waals surface area contributed by atoms with Gasteiger partial charge in [-0.2, -0.15) is 5.10 Å². The van der Waals surface area contributed by atoms with Crippen LogP contribution in [0.1, 0.15) is 71.3 Å². The molecule has 0 bridgehead atoms. The Kier molecular flexibility index (Phi) is 6.68. The topological polar surface area (TPSA) is 76.0 Å². The van der Waals surface area contributed by atoms with Gasteiger partial charge in [0.1, 0.15) is 0 Å². The molecule has 2 fully saturated rings. The first-order valence-electron chi connectivity index (χ1n) is 12.1. The van der Waals surface area contributed by atoms with Gasteiger partial charge in [0.15, 0.2) is 5.82 Å². The van der Waals surface area contributed by atoms with Crippen LogP contribution in [0.3, 0.4) is 0 Å². The van der Waals surface area contributed by atoms with Crippen LogP contribution in [-0.4, -0.2) is 28.1 Å². The van der Waals surface area contributed by atoms with Gasteiger partial charge in [-0.25, -0.2) is 0 Å². The molecule has 1 aromatic carbocycles. The molecule has 0 spiro atoms. The van der Waals surface area contributed by atoms with E-state index in [4.69, 9.17) is 5.10 Å². The Hall–Kier alpha value is -2.63. The van der Waals surface area contributed by atoms with Crippen molar-refractivity contribution in [3.8, 4) is 11.3 Å². The second kappa shape index (κ2) is 9.47. The van der Waals surface area contributed by atoms with E-state index in [1.54, 1.807) is 0 Å². The fourth-order valence-electron chi connectivity index (χ4n) is 4.83. The van der Waals surface area contributed by atoms with Gasteiger partial charge in [-0.15, -0.1) is 0 Å². The van der Waals surface area contributed by atoms with Gasteiger partial charge in [-0.05, 0) is 29.4 Å². The summed E-state index contributed by atoms with van der Waals surface area (Å²) < 4.78 is 2.06. The van der Waals surface area contributed by atoms with E-state index in [0.717, 1.165) is 30.1 Å². The molecule has 2 amide bonds. The van der Waals surface area contributed by atoms with Gasteiger partial charge in [0.2, 0.25) is 11.8 Å².